The van der Waals surface area contributed by atoms with Crippen molar-refractivity contribution in [2.24, 2.45) is 0 Å². The van der Waals surface area contributed by atoms with Crippen LogP contribution >= 0.6 is 0 Å². The van der Waals surface area contributed by atoms with Gasteiger partial charge in [0.25, 0.3) is 5.91 Å². The second kappa shape index (κ2) is 10.7. The molecule has 2 amide bonds. The van der Waals surface area contributed by atoms with Crippen molar-refractivity contribution in [1.82, 2.24) is 4.90 Å². The van der Waals surface area contributed by atoms with Gasteiger partial charge in [-0.25, -0.2) is 0 Å². The summed E-state index contributed by atoms with van der Waals surface area (Å²) in [5.41, 5.74) is 2.21. The van der Waals surface area contributed by atoms with Gasteiger partial charge in [0.15, 0.2) is 0 Å². The number of likely N-dealkylation sites (tertiary alicyclic amines) is 1. The first-order valence-electron chi connectivity index (χ1n) is 10.7. The maximum absolute atomic E-state index is 12.6. The maximum Gasteiger partial charge on any atom is 0.253 e. The van der Waals surface area contributed by atoms with Gasteiger partial charge in [-0.1, -0.05) is 12.8 Å². The molecule has 6 heteroatoms. The zero-order valence-electron chi connectivity index (χ0n) is 17.8. The number of anilines is 2. The van der Waals surface area contributed by atoms with Gasteiger partial charge in [-0.15, -0.1) is 0 Å². The SMILES string of the molecule is CC(C)Oc1ccc(NC(=O)CNc2ccc(C(=O)N3CCCCCC3)cc2)cc1. The maximum atomic E-state index is 12.6. The van der Waals surface area contributed by atoms with Crippen LogP contribution in [0.25, 0.3) is 0 Å². The summed E-state index contributed by atoms with van der Waals surface area (Å²) < 4.78 is 5.60. The van der Waals surface area contributed by atoms with E-state index in [-0.39, 0.29) is 24.5 Å². The first-order chi connectivity index (χ1) is 14.5. The minimum absolute atomic E-state index is 0.0890. The van der Waals surface area contributed by atoms with Crippen LogP contribution in [0.4, 0.5) is 11.4 Å². The number of rotatable bonds is 7. The second-order valence-corrected chi connectivity index (χ2v) is 7.88. The summed E-state index contributed by atoms with van der Waals surface area (Å²) in [5.74, 6) is 0.722. The van der Waals surface area contributed by atoms with E-state index in [4.69, 9.17) is 4.74 Å². The molecule has 1 fully saturated rings. The lowest BCUT2D eigenvalue weighted by Gasteiger charge is -2.20. The molecule has 0 unspecified atom stereocenters. The fourth-order valence-corrected chi connectivity index (χ4v) is 3.46. The number of carbonyl (C=O) groups is 2. The van der Waals surface area contributed by atoms with Crippen molar-refractivity contribution in [1.29, 1.82) is 0 Å². The van der Waals surface area contributed by atoms with Crippen LogP contribution < -0.4 is 15.4 Å². The smallest absolute Gasteiger partial charge is 0.253 e. The number of benzene rings is 2. The molecule has 160 valence electrons. The number of amides is 2. The van der Waals surface area contributed by atoms with E-state index in [0.717, 1.165) is 43.1 Å². The van der Waals surface area contributed by atoms with E-state index in [0.29, 0.717) is 5.56 Å². The highest BCUT2D eigenvalue weighted by molar-refractivity contribution is 5.95. The lowest BCUT2D eigenvalue weighted by atomic mass is 10.1. The van der Waals surface area contributed by atoms with Crippen LogP contribution in [0.2, 0.25) is 0 Å². The van der Waals surface area contributed by atoms with E-state index < -0.39 is 0 Å². The largest absolute Gasteiger partial charge is 0.491 e. The van der Waals surface area contributed by atoms with E-state index in [1.807, 2.05) is 67.3 Å². The van der Waals surface area contributed by atoms with Crippen LogP contribution in [0, 0.1) is 0 Å². The fraction of sp³-hybridized carbons (Fsp3) is 0.417. The lowest BCUT2D eigenvalue weighted by molar-refractivity contribution is -0.114. The number of hydrogen-bond acceptors (Lipinski definition) is 4. The quantitative estimate of drug-likeness (QED) is 0.704. The van der Waals surface area contributed by atoms with Crippen LogP contribution in [0.3, 0.4) is 0 Å². The molecule has 2 aromatic rings. The molecular weight excluding hydrogens is 378 g/mol. The summed E-state index contributed by atoms with van der Waals surface area (Å²) in [6.07, 6.45) is 4.66. The molecule has 0 aliphatic carbocycles. The normalized spacial score (nSPS) is 14.2. The van der Waals surface area contributed by atoms with Gasteiger partial charge >= 0.3 is 0 Å². The molecule has 0 radical (unpaired) electrons. The van der Waals surface area contributed by atoms with Crippen molar-refractivity contribution in [3.63, 3.8) is 0 Å². The summed E-state index contributed by atoms with van der Waals surface area (Å²) in [4.78, 5) is 26.8. The Morgan fingerprint density at radius 1 is 0.900 bits per heavy atom. The Labute approximate surface area is 178 Å². The molecule has 1 heterocycles. The molecule has 0 saturated carbocycles. The number of hydrogen-bond donors (Lipinski definition) is 2. The topological polar surface area (TPSA) is 70.7 Å². The second-order valence-electron chi connectivity index (χ2n) is 7.88. The Morgan fingerprint density at radius 2 is 1.50 bits per heavy atom. The first-order valence-corrected chi connectivity index (χ1v) is 10.7. The van der Waals surface area contributed by atoms with Crippen molar-refractivity contribution in [2.45, 2.75) is 45.6 Å². The highest BCUT2D eigenvalue weighted by Gasteiger charge is 2.17. The van der Waals surface area contributed by atoms with E-state index in [2.05, 4.69) is 10.6 Å². The average Bonchev–Trinajstić information content (AvgIpc) is 3.03. The summed E-state index contributed by atoms with van der Waals surface area (Å²) in [6.45, 7) is 5.76. The highest BCUT2D eigenvalue weighted by atomic mass is 16.5. The van der Waals surface area contributed by atoms with Gasteiger partial charge in [0.05, 0.1) is 12.6 Å². The lowest BCUT2D eigenvalue weighted by Crippen LogP contribution is -2.31. The van der Waals surface area contributed by atoms with E-state index in [1.165, 1.54) is 12.8 Å². The molecule has 1 saturated heterocycles. The number of ether oxygens (including phenoxy) is 1. The summed E-state index contributed by atoms with van der Waals surface area (Å²) >= 11 is 0. The van der Waals surface area contributed by atoms with Crippen molar-refractivity contribution in [3.05, 3.63) is 54.1 Å². The van der Waals surface area contributed by atoms with Crippen molar-refractivity contribution >= 4 is 23.2 Å². The monoisotopic (exact) mass is 409 g/mol. The number of carbonyl (C=O) groups excluding carboxylic acids is 2. The standard InChI is InChI=1S/C24H31N3O3/c1-18(2)30-22-13-11-21(12-14-22)26-23(28)17-25-20-9-7-19(8-10-20)24(29)27-15-5-3-4-6-16-27/h7-14,18,25H,3-6,15-17H2,1-2H3,(H,26,28). The van der Waals surface area contributed by atoms with Crippen molar-refractivity contribution in [2.75, 3.05) is 30.3 Å². The Hall–Kier alpha value is -3.02. The summed E-state index contributed by atoms with van der Waals surface area (Å²) in [5, 5.41) is 5.95. The summed E-state index contributed by atoms with van der Waals surface area (Å²) in [7, 11) is 0. The van der Waals surface area contributed by atoms with Gasteiger partial charge in [-0.2, -0.15) is 0 Å². The molecule has 0 atom stereocenters. The fourth-order valence-electron chi connectivity index (χ4n) is 3.46. The van der Waals surface area contributed by atoms with Crippen LogP contribution in [0.1, 0.15) is 49.9 Å². The van der Waals surface area contributed by atoms with Gasteiger partial charge in [-0.3, -0.25) is 9.59 Å². The molecule has 2 aromatic carbocycles. The van der Waals surface area contributed by atoms with Gasteiger partial charge in [0.1, 0.15) is 5.75 Å². The zero-order chi connectivity index (χ0) is 21.3. The van der Waals surface area contributed by atoms with E-state index >= 15 is 0 Å². The van der Waals surface area contributed by atoms with Gasteiger partial charge in [0, 0.05) is 30.0 Å². The van der Waals surface area contributed by atoms with Gasteiger partial charge in [-0.05, 0) is 75.2 Å². The molecular formula is C24H31N3O3. The minimum atomic E-state index is -0.141. The minimum Gasteiger partial charge on any atom is -0.491 e. The number of nitrogens with one attached hydrogen (secondary N) is 2. The number of nitrogens with zero attached hydrogens (tertiary/aromatic N) is 1. The predicted molar refractivity (Wildman–Crippen MR) is 120 cm³/mol. The Morgan fingerprint density at radius 3 is 2.10 bits per heavy atom. The predicted octanol–water partition coefficient (Wildman–Crippen LogP) is 4.54. The van der Waals surface area contributed by atoms with E-state index in [9.17, 15) is 9.59 Å². The average molecular weight is 410 g/mol. The van der Waals surface area contributed by atoms with Crippen LogP contribution in [0.15, 0.2) is 48.5 Å². The Bertz CT molecular complexity index is 824. The highest BCUT2D eigenvalue weighted by Crippen LogP contribution is 2.18. The summed E-state index contributed by atoms with van der Waals surface area (Å²) in [6, 6.07) is 14.6. The molecule has 2 N–H and O–H groups in total. The Kier molecular flexibility index (Phi) is 7.71. The van der Waals surface area contributed by atoms with Crippen LogP contribution in [0.5, 0.6) is 5.75 Å². The molecule has 3 rings (SSSR count). The van der Waals surface area contributed by atoms with Crippen LogP contribution in [-0.2, 0) is 4.79 Å². The van der Waals surface area contributed by atoms with Crippen molar-refractivity contribution in [3.8, 4) is 5.75 Å². The molecule has 6 nitrogen and oxygen atoms in total. The molecule has 0 bridgehead atoms. The molecule has 0 spiro atoms. The third kappa shape index (κ3) is 6.51. The Balaban J connectivity index is 1.47. The van der Waals surface area contributed by atoms with Crippen molar-refractivity contribution < 1.29 is 14.3 Å². The third-order valence-electron chi connectivity index (χ3n) is 4.99. The zero-order valence-corrected chi connectivity index (χ0v) is 17.8. The van der Waals surface area contributed by atoms with E-state index in [1.54, 1.807) is 0 Å². The molecule has 1 aliphatic rings. The van der Waals surface area contributed by atoms with Gasteiger partial charge < -0.3 is 20.3 Å². The molecule has 0 aromatic heterocycles. The first kappa shape index (κ1) is 21.7. The molecule has 30 heavy (non-hydrogen) atoms. The van der Waals surface area contributed by atoms with Gasteiger partial charge in [0.2, 0.25) is 5.91 Å². The van der Waals surface area contributed by atoms with Crippen LogP contribution in [-0.4, -0.2) is 42.5 Å². The third-order valence-corrected chi connectivity index (χ3v) is 4.99. The molecule has 1 aliphatic heterocycles.